The lowest BCUT2D eigenvalue weighted by Gasteiger charge is -2.29. The van der Waals surface area contributed by atoms with Crippen LogP contribution in [0.25, 0.3) is 0 Å². The van der Waals surface area contributed by atoms with E-state index in [0.717, 1.165) is 42.3 Å². The van der Waals surface area contributed by atoms with Gasteiger partial charge in [-0.15, -0.1) is 0 Å². The molecule has 1 saturated heterocycles. The Morgan fingerprint density at radius 2 is 1.87 bits per heavy atom. The molecular formula is C16H23N5O2. The molecule has 1 fully saturated rings. The lowest BCUT2D eigenvalue weighted by molar-refractivity contribution is -0.130. The third-order valence-electron chi connectivity index (χ3n) is 4.76. The van der Waals surface area contributed by atoms with Gasteiger partial charge in [-0.25, -0.2) is 9.97 Å². The van der Waals surface area contributed by atoms with Gasteiger partial charge in [0.25, 0.3) is 0 Å². The standard InChI is InChI=1S/C16H23N5O2/c1-10(22)20-6-4-12(8-20)15-18-14-5-7-21(11(2)23)9-13(14)16(17-3)19-15/h12H,4-9H2,1-3H3,(H,17,18,19)/t12-/m0/s1. The number of likely N-dealkylation sites (tertiary alicyclic amines) is 1. The van der Waals surface area contributed by atoms with Gasteiger partial charge in [0.2, 0.25) is 11.8 Å². The van der Waals surface area contributed by atoms with Crippen LogP contribution in [-0.2, 0) is 22.6 Å². The molecule has 2 amide bonds. The quantitative estimate of drug-likeness (QED) is 0.871. The summed E-state index contributed by atoms with van der Waals surface area (Å²) in [6.07, 6.45) is 1.66. The maximum Gasteiger partial charge on any atom is 0.219 e. The molecule has 2 aliphatic heterocycles. The minimum atomic E-state index is 0.0784. The molecule has 0 aliphatic carbocycles. The Morgan fingerprint density at radius 1 is 1.13 bits per heavy atom. The topological polar surface area (TPSA) is 78.4 Å². The van der Waals surface area contributed by atoms with Crippen molar-refractivity contribution < 1.29 is 9.59 Å². The van der Waals surface area contributed by atoms with Gasteiger partial charge >= 0.3 is 0 Å². The van der Waals surface area contributed by atoms with Gasteiger partial charge in [-0.2, -0.15) is 0 Å². The van der Waals surface area contributed by atoms with Crippen LogP contribution in [0.3, 0.4) is 0 Å². The predicted octanol–water partition coefficient (Wildman–Crippen LogP) is 0.759. The summed E-state index contributed by atoms with van der Waals surface area (Å²) in [5.74, 6) is 2.00. The zero-order valence-corrected chi connectivity index (χ0v) is 13.9. The van der Waals surface area contributed by atoms with E-state index in [4.69, 9.17) is 4.98 Å². The van der Waals surface area contributed by atoms with Crippen LogP contribution in [-0.4, -0.2) is 58.3 Å². The number of anilines is 1. The summed E-state index contributed by atoms with van der Waals surface area (Å²) in [5, 5.41) is 3.14. The predicted molar refractivity (Wildman–Crippen MR) is 86.0 cm³/mol. The summed E-state index contributed by atoms with van der Waals surface area (Å²) in [5.41, 5.74) is 2.04. The SMILES string of the molecule is CNc1nc([C@H]2CCN(C(C)=O)C2)nc2c1CN(C(C)=O)CC2. The number of rotatable bonds is 2. The smallest absolute Gasteiger partial charge is 0.219 e. The van der Waals surface area contributed by atoms with E-state index in [0.29, 0.717) is 19.6 Å². The van der Waals surface area contributed by atoms with E-state index in [1.807, 2.05) is 16.8 Å². The van der Waals surface area contributed by atoms with Gasteiger partial charge in [0.05, 0.1) is 12.2 Å². The normalized spacial score (nSPS) is 20.4. The molecule has 1 aromatic heterocycles. The van der Waals surface area contributed by atoms with Crippen molar-refractivity contribution in [1.29, 1.82) is 0 Å². The van der Waals surface area contributed by atoms with E-state index in [2.05, 4.69) is 10.3 Å². The highest BCUT2D eigenvalue weighted by atomic mass is 16.2. The van der Waals surface area contributed by atoms with Crippen LogP contribution in [0.2, 0.25) is 0 Å². The monoisotopic (exact) mass is 317 g/mol. The molecule has 23 heavy (non-hydrogen) atoms. The largest absolute Gasteiger partial charge is 0.373 e. The molecule has 0 bridgehead atoms. The second-order valence-electron chi connectivity index (χ2n) is 6.25. The minimum absolute atomic E-state index is 0.0784. The Balaban J connectivity index is 1.88. The summed E-state index contributed by atoms with van der Waals surface area (Å²) in [6.45, 7) is 5.92. The van der Waals surface area contributed by atoms with Gasteiger partial charge in [-0.05, 0) is 6.42 Å². The van der Waals surface area contributed by atoms with Crippen LogP contribution in [0.1, 0.15) is 43.3 Å². The third kappa shape index (κ3) is 3.00. The number of amides is 2. The average molecular weight is 317 g/mol. The maximum absolute atomic E-state index is 11.6. The molecule has 3 rings (SSSR count). The van der Waals surface area contributed by atoms with Gasteiger partial charge < -0.3 is 15.1 Å². The lowest BCUT2D eigenvalue weighted by atomic mass is 10.0. The van der Waals surface area contributed by atoms with Gasteiger partial charge in [-0.3, -0.25) is 9.59 Å². The van der Waals surface area contributed by atoms with Gasteiger partial charge in [0, 0.05) is 58.4 Å². The molecule has 2 aliphatic rings. The fourth-order valence-corrected chi connectivity index (χ4v) is 3.35. The van der Waals surface area contributed by atoms with E-state index in [-0.39, 0.29) is 17.7 Å². The Morgan fingerprint density at radius 3 is 2.48 bits per heavy atom. The Hall–Kier alpha value is -2.18. The molecule has 0 saturated carbocycles. The van der Waals surface area contributed by atoms with Crippen molar-refractivity contribution in [2.24, 2.45) is 0 Å². The molecule has 3 heterocycles. The fourth-order valence-electron chi connectivity index (χ4n) is 3.35. The van der Waals surface area contributed by atoms with E-state index in [9.17, 15) is 9.59 Å². The van der Waals surface area contributed by atoms with Gasteiger partial charge in [0.15, 0.2) is 0 Å². The van der Waals surface area contributed by atoms with Crippen molar-refractivity contribution in [2.75, 3.05) is 32.0 Å². The highest BCUT2D eigenvalue weighted by Gasteiger charge is 2.30. The fraction of sp³-hybridized carbons (Fsp3) is 0.625. The summed E-state index contributed by atoms with van der Waals surface area (Å²) in [6, 6.07) is 0. The van der Waals surface area contributed by atoms with Crippen LogP contribution in [0.15, 0.2) is 0 Å². The molecule has 1 atom stereocenters. The van der Waals surface area contributed by atoms with Crippen molar-refractivity contribution in [3.8, 4) is 0 Å². The highest BCUT2D eigenvalue weighted by Crippen LogP contribution is 2.29. The second kappa shape index (κ2) is 6.14. The third-order valence-corrected chi connectivity index (χ3v) is 4.76. The van der Waals surface area contributed by atoms with Crippen molar-refractivity contribution in [3.63, 3.8) is 0 Å². The van der Waals surface area contributed by atoms with Crippen molar-refractivity contribution in [1.82, 2.24) is 19.8 Å². The van der Waals surface area contributed by atoms with Crippen LogP contribution in [0.5, 0.6) is 0 Å². The number of carbonyl (C=O) groups is 2. The minimum Gasteiger partial charge on any atom is -0.373 e. The second-order valence-corrected chi connectivity index (χ2v) is 6.25. The van der Waals surface area contributed by atoms with Crippen LogP contribution in [0.4, 0.5) is 5.82 Å². The van der Waals surface area contributed by atoms with E-state index in [1.165, 1.54) is 0 Å². The number of fused-ring (bicyclic) bond motifs is 1. The van der Waals surface area contributed by atoms with Crippen LogP contribution in [0, 0.1) is 0 Å². The Bertz CT molecular complexity index is 628. The van der Waals surface area contributed by atoms with Gasteiger partial charge in [-0.1, -0.05) is 0 Å². The average Bonchev–Trinajstić information content (AvgIpc) is 3.03. The molecule has 7 heteroatoms. The number of carbonyl (C=O) groups excluding carboxylic acids is 2. The van der Waals surface area contributed by atoms with Crippen molar-refractivity contribution in [3.05, 3.63) is 17.1 Å². The first-order valence-corrected chi connectivity index (χ1v) is 8.08. The molecule has 124 valence electrons. The summed E-state index contributed by atoms with van der Waals surface area (Å²) in [7, 11) is 1.84. The molecule has 0 unspecified atom stereocenters. The van der Waals surface area contributed by atoms with E-state index in [1.54, 1.807) is 13.8 Å². The van der Waals surface area contributed by atoms with Gasteiger partial charge in [0.1, 0.15) is 11.6 Å². The number of nitrogens with zero attached hydrogens (tertiary/aromatic N) is 4. The molecular weight excluding hydrogens is 294 g/mol. The van der Waals surface area contributed by atoms with Crippen LogP contribution >= 0.6 is 0 Å². The number of hydrogen-bond acceptors (Lipinski definition) is 5. The molecule has 1 N–H and O–H groups in total. The van der Waals surface area contributed by atoms with Crippen molar-refractivity contribution in [2.45, 2.75) is 39.2 Å². The van der Waals surface area contributed by atoms with Crippen LogP contribution < -0.4 is 5.32 Å². The van der Waals surface area contributed by atoms with E-state index >= 15 is 0 Å². The van der Waals surface area contributed by atoms with Crippen molar-refractivity contribution >= 4 is 17.6 Å². The highest BCUT2D eigenvalue weighted by molar-refractivity contribution is 5.74. The summed E-state index contributed by atoms with van der Waals surface area (Å²) in [4.78, 5) is 36.2. The molecule has 0 aromatic carbocycles. The first-order chi connectivity index (χ1) is 11.0. The summed E-state index contributed by atoms with van der Waals surface area (Å²) < 4.78 is 0. The Labute approximate surface area is 136 Å². The molecule has 0 spiro atoms. The molecule has 0 radical (unpaired) electrons. The summed E-state index contributed by atoms with van der Waals surface area (Å²) >= 11 is 0. The first-order valence-electron chi connectivity index (χ1n) is 8.08. The van der Waals surface area contributed by atoms with E-state index < -0.39 is 0 Å². The molecule has 7 nitrogen and oxygen atoms in total. The zero-order chi connectivity index (χ0) is 16.6. The number of nitrogens with one attached hydrogen (secondary N) is 1. The lowest BCUT2D eigenvalue weighted by Crippen LogP contribution is -2.35. The Kier molecular flexibility index (Phi) is 4.19. The number of aromatic nitrogens is 2. The number of hydrogen-bond donors (Lipinski definition) is 1. The maximum atomic E-state index is 11.6. The first kappa shape index (κ1) is 15.7. The molecule has 1 aromatic rings. The zero-order valence-electron chi connectivity index (χ0n) is 13.9.